The summed E-state index contributed by atoms with van der Waals surface area (Å²) in [5.74, 6) is -2.02. The maximum atomic E-state index is 12.0. The third-order valence-electron chi connectivity index (χ3n) is 2.86. The van der Waals surface area contributed by atoms with E-state index >= 15 is 0 Å². The quantitative estimate of drug-likeness (QED) is 0.651. The summed E-state index contributed by atoms with van der Waals surface area (Å²) in [7, 11) is 0. The molecule has 0 saturated carbocycles. The van der Waals surface area contributed by atoms with Gasteiger partial charge in [0.05, 0.1) is 25.2 Å². The largest absolute Gasteiger partial charge is 0.466 e. The molecule has 0 aromatic heterocycles. The first-order chi connectivity index (χ1) is 8.49. The summed E-state index contributed by atoms with van der Waals surface area (Å²) in [5, 5.41) is 9.33. The summed E-state index contributed by atoms with van der Waals surface area (Å²) >= 11 is 0. The lowest BCUT2D eigenvalue weighted by molar-refractivity contribution is -0.165. The molecule has 0 bridgehead atoms. The molecule has 0 amide bonds. The molecule has 0 radical (unpaired) electrons. The van der Waals surface area contributed by atoms with Crippen molar-refractivity contribution in [1.82, 2.24) is 0 Å². The summed E-state index contributed by atoms with van der Waals surface area (Å²) in [6, 6.07) is 1.96. The number of rotatable bonds is 7. The molecule has 0 fully saturated rings. The van der Waals surface area contributed by atoms with Gasteiger partial charge in [-0.25, -0.2) is 0 Å². The Bertz CT molecular complexity index is 334. The van der Waals surface area contributed by atoms with E-state index in [1.807, 2.05) is 13.0 Å². The van der Waals surface area contributed by atoms with E-state index in [0.717, 1.165) is 0 Å². The Morgan fingerprint density at radius 2 is 1.78 bits per heavy atom. The van der Waals surface area contributed by atoms with Gasteiger partial charge in [0.25, 0.3) is 0 Å². The minimum atomic E-state index is -1.45. The van der Waals surface area contributed by atoms with Crippen molar-refractivity contribution in [2.75, 3.05) is 13.2 Å². The van der Waals surface area contributed by atoms with Crippen LogP contribution in [-0.2, 0) is 19.1 Å². The lowest BCUT2D eigenvalue weighted by Crippen LogP contribution is -2.42. The van der Waals surface area contributed by atoms with Crippen LogP contribution >= 0.6 is 0 Å². The van der Waals surface area contributed by atoms with Gasteiger partial charge in [0.2, 0.25) is 0 Å². The standard InChI is InChI=1S/C13H21NO4/c1-5-8-13(9-14,12(16)18-7-3)10(4)11(15)17-6-2/h10H,5-8H2,1-4H3. The van der Waals surface area contributed by atoms with Crippen LogP contribution in [0.3, 0.4) is 0 Å². The fourth-order valence-corrected chi connectivity index (χ4v) is 1.82. The monoisotopic (exact) mass is 255 g/mol. The predicted molar refractivity (Wildman–Crippen MR) is 65.4 cm³/mol. The summed E-state index contributed by atoms with van der Waals surface area (Å²) < 4.78 is 9.82. The van der Waals surface area contributed by atoms with Crippen LogP contribution in [0, 0.1) is 22.7 Å². The molecular weight excluding hydrogens is 234 g/mol. The summed E-state index contributed by atoms with van der Waals surface area (Å²) in [6.07, 6.45) is 0.887. The molecule has 18 heavy (non-hydrogen) atoms. The molecule has 2 atom stereocenters. The number of carbonyl (C=O) groups excluding carboxylic acids is 2. The Kier molecular flexibility index (Phi) is 7.03. The third kappa shape index (κ3) is 3.46. The van der Waals surface area contributed by atoms with Gasteiger partial charge in [-0.2, -0.15) is 5.26 Å². The van der Waals surface area contributed by atoms with Gasteiger partial charge in [-0.3, -0.25) is 9.59 Å². The maximum absolute atomic E-state index is 12.0. The molecule has 0 aromatic carbocycles. The van der Waals surface area contributed by atoms with Crippen LogP contribution in [0.1, 0.15) is 40.5 Å². The number of esters is 2. The van der Waals surface area contributed by atoms with Gasteiger partial charge in [0.1, 0.15) is 0 Å². The Hall–Kier alpha value is -1.57. The van der Waals surface area contributed by atoms with Gasteiger partial charge in [-0.15, -0.1) is 0 Å². The van der Waals surface area contributed by atoms with Crippen LogP contribution in [-0.4, -0.2) is 25.2 Å². The second-order valence-corrected chi connectivity index (χ2v) is 4.03. The van der Waals surface area contributed by atoms with E-state index in [0.29, 0.717) is 6.42 Å². The number of hydrogen-bond donors (Lipinski definition) is 0. The average molecular weight is 255 g/mol. The zero-order valence-electron chi connectivity index (χ0n) is 11.5. The molecule has 0 aliphatic rings. The van der Waals surface area contributed by atoms with Crippen molar-refractivity contribution in [3.63, 3.8) is 0 Å². The highest BCUT2D eigenvalue weighted by molar-refractivity contribution is 5.87. The van der Waals surface area contributed by atoms with Gasteiger partial charge in [-0.1, -0.05) is 13.3 Å². The van der Waals surface area contributed by atoms with Crippen molar-refractivity contribution in [2.24, 2.45) is 11.3 Å². The molecule has 0 heterocycles. The molecule has 0 rings (SSSR count). The number of hydrogen-bond acceptors (Lipinski definition) is 5. The van der Waals surface area contributed by atoms with Crippen LogP contribution in [0.25, 0.3) is 0 Å². The van der Waals surface area contributed by atoms with Gasteiger partial charge in [0, 0.05) is 0 Å². The second-order valence-electron chi connectivity index (χ2n) is 4.03. The fraction of sp³-hybridized carbons (Fsp3) is 0.769. The molecule has 0 aliphatic heterocycles. The lowest BCUT2D eigenvalue weighted by Gasteiger charge is -2.28. The van der Waals surface area contributed by atoms with Crippen molar-refractivity contribution in [3.05, 3.63) is 0 Å². The molecule has 0 saturated heterocycles. The number of nitrogens with zero attached hydrogens (tertiary/aromatic N) is 1. The molecule has 0 N–H and O–H groups in total. The number of nitriles is 1. The summed E-state index contributed by atoms with van der Waals surface area (Å²) in [4.78, 5) is 23.7. The normalized spacial score (nSPS) is 15.1. The molecule has 0 aromatic rings. The third-order valence-corrected chi connectivity index (χ3v) is 2.86. The predicted octanol–water partition coefficient (Wildman–Crippen LogP) is 2.06. The molecule has 5 heteroatoms. The minimum absolute atomic E-state index is 0.182. The van der Waals surface area contributed by atoms with Crippen LogP contribution in [0.4, 0.5) is 0 Å². The molecular formula is C13H21NO4. The van der Waals surface area contributed by atoms with E-state index in [-0.39, 0.29) is 19.6 Å². The first kappa shape index (κ1) is 16.4. The second kappa shape index (κ2) is 7.70. The number of ether oxygens (including phenoxy) is 2. The first-order valence-corrected chi connectivity index (χ1v) is 6.25. The van der Waals surface area contributed by atoms with Gasteiger partial charge in [-0.05, 0) is 27.2 Å². The van der Waals surface area contributed by atoms with Crippen LogP contribution in [0.5, 0.6) is 0 Å². The minimum Gasteiger partial charge on any atom is -0.466 e. The maximum Gasteiger partial charge on any atom is 0.327 e. The highest BCUT2D eigenvalue weighted by Crippen LogP contribution is 2.35. The topological polar surface area (TPSA) is 76.4 Å². The Balaban J connectivity index is 5.25. The van der Waals surface area contributed by atoms with Gasteiger partial charge < -0.3 is 9.47 Å². The van der Waals surface area contributed by atoms with Crippen LogP contribution < -0.4 is 0 Å². The summed E-state index contributed by atoms with van der Waals surface area (Å²) in [6.45, 7) is 7.14. The van der Waals surface area contributed by atoms with Crippen LogP contribution in [0.15, 0.2) is 0 Å². The van der Waals surface area contributed by atoms with Crippen molar-refractivity contribution in [1.29, 1.82) is 5.26 Å². The Morgan fingerprint density at radius 1 is 1.22 bits per heavy atom. The zero-order chi connectivity index (χ0) is 14.2. The highest BCUT2D eigenvalue weighted by atomic mass is 16.5. The van der Waals surface area contributed by atoms with Crippen molar-refractivity contribution < 1.29 is 19.1 Å². The fourth-order valence-electron chi connectivity index (χ4n) is 1.82. The van der Waals surface area contributed by atoms with E-state index in [1.165, 1.54) is 6.92 Å². The first-order valence-electron chi connectivity index (χ1n) is 6.25. The van der Waals surface area contributed by atoms with Gasteiger partial charge in [0.15, 0.2) is 5.41 Å². The summed E-state index contributed by atoms with van der Waals surface area (Å²) in [5.41, 5.74) is -1.45. The number of carbonyl (C=O) groups is 2. The van der Waals surface area contributed by atoms with E-state index in [4.69, 9.17) is 9.47 Å². The Morgan fingerprint density at radius 3 is 2.17 bits per heavy atom. The van der Waals surface area contributed by atoms with Crippen molar-refractivity contribution in [3.8, 4) is 6.07 Å². The molecule has 102 valence electrons. The lowest BCUT2D eigenvalue weighted by atomic mass is 9.74. The van der Waals surface area contributed by atoms with E-state index < -0.39 is 23.3 Å². The van der Waals surface area contributed by atoms with E-state index in [2.05, 4.69) is 0 Å². The van der Waals surface area contributed by atoms with Crippen LogP contribution in [0.2, 0.25) is 0 Å². The Labute approximate surface area is 108 Å². The zero-order valence-corrected chi connectivity index (χ0v) is 11.5. The molecule has 5 nitrogen and oxygen atoms in total. The molecule has 2 unspecified atom stereocenters. The smallest absolute Gasteiger partial charge is 0.327 e. The highest BCUT2D eigenvalue weighted by Gasteiger charge is 2.48. The van der Waals surface area contributed by atoms with E-state index in [1.54, 1.807) is 13.8 Å². The average Bonchev–Trinajstić information content (AvgIpc) is 2.35. The molecule has 0 aliphatic carbocycles. The van der Waals surface area contributed by atoms with E-state index in [9.17, 15) is 14.9 Å². The van der Waals surface area contributed by atoms with Crippen molar-refractivity contribution in [2.45, 2.75) is 40.5 Å². The molecule has 0 spiro atoms. The SMILES string of the molecule is CCCC(C#N)(C(=O)OCC)C(C)C(=O)OCC. The van der Waals surface area contributed by atoms with Gasteiger partial charge >= 0.3 is 11.9 Å². The van der Waals surface area contributed by atoms with Crippen molar-refractivity contribution >= 4 is 11.9 Å².